The predicted octanol–water partition coefficient (Wildman–Crippen LogP) is 0.631. The molecule has 3 N–H and O–H groups in total. The van der Waals surface area contributed by atoms with Gasteiger partial charge in [0.05, 0.1) is 0 Å². The molecule has 0 heterocycles. The fourth-order valence-electron chi connectivity index (χ4n) is 1.71. The molecule has 1 aliphatic rings. The van der Waals surface area contributed by atoms with Crippen LogP contribution in [0.1, 0.15) is 39.0 Å². The first-order chi connectivity index (χ1) is 6.77. The lowest BCUT2D eigenvalue weighted by Crippen LogP contribution is -2.30. The van der Waals surface area contributed by atoms with Gasteiger partial charge in [-0.3, -0.25) is 10.2 Å². The second-order valence-corrected chi connectivity index (χ2v) is 3.88. The molecule has 4 nitrogen and oxygen atoms in total. The van der Waals surface area contributed by atoms with Crippen LogP contribution in [0.15, 0.2) is 0 Å². The second-order valence-electron chi connectivity index (χ2n) is 3.88. The number of nitrogens with one attached hydrogen (secondary N) is 1. The van der Waals surface area contributed by atoms with Crippen LogP contribution in [0, 0.1) is 0 Å². The van der Waals surface area contributed by atoms with Crippen molar-refractivity contribution in [2.45, 2.75) is 45.1 Å². The summed E-state index contributed by atoms with van der Waals surface area (Å²) < 4.78 is 0. The first kappa shape index (κ1) is 11.5. The molecule has 0 radical (unpaired) electrons. The number of carbonyl (C=O) groups excluding carboxylic acids is 1. The number of hydrazine groups is 1. The van der Waals surface area contributed by atoms with Crippen LogP contribution in [0.3, 0.4) is 0 Å². The molecule has 1 rings (SSSR count). The zero-order valence-corrected chi connectivity index (χ0v) is 8.96. The molecule has 0 spiro atoms. The topological polar surface area (TPSA) is 58.4 Å². The number of hydrogen-bond donors (Lipinski definition) is 2. The standard InChI is InChI=1S/C10H21N3O/c1-2-13(9-6-7-9)8-4-3-5-10(14)12-11/h9H,2-8,11H2,1H3,(H,12,14). The summed E-state index contributed by atoms with van der Waals surface area (Å²) in [7, 11) is 0. The van der Waals surface area contributed by atoms with Crippen LogP contribution in [0.4, 0.5) is 0 Å². The molecule has 0 saturated heterocycles. The third-order valence-corrected chi connectivity index (χ3v) is 2.73. The maximum Gasteiger partial charge on any atom is 0.233 e. The van der Waals surface area contributed by atoms with Crippen LogP contribution in [-0.2, 0) is 4.79 Å². The van der Waals surface area contributed by atoms with Gasteiger partial charge in [0.2, 0.25) is 5.91 Å². The van der Waals surface area contributed by atoms with E-state index in [1.165, 1.54) is 12.8 Å². The maximum absolute atomic E-state index is 10.8. The monoisotopic (exact) mass is 199 g/mol. The SMILES string of the molecule is CCN(CCCCC(=O)NN)C1CC1. The van der Waals surface area contributed by atoms with Crippen molar-refractivity contribution in [2.24, 2.45) is 5.84 Å². The van der Waals surface area contributed by atoms with E-state index in [2.05, 4.69) is 17.2 Å². The molecule has 0 aliphatic heterocycles. The van der Waals surface area contributed by atoms with E-state index < -0.39 is 0 Å². The minimum absolute atomic E-state index is 0.0560. The summed E-state index contributed by atoms with van der Waals surface area (Å²) in [6.45, 7) is 4.46. The minimum Gasteiger partial charge on any atom is -0.301 e. The van der Waals surface area contributed by atoms with Crippen molar-refractivity contribution in [2.75, 3.05) is 13.1 Å². The number of carbonyl (C=O) groups is 1. The first-order valence-corrected chi connectivity index (χ1v) is 5.51. The molecule has 1 fully saturated rings. The van der Waals surface area contributed by atoms with Gasteiger partial charge in [-0.2, -0.15) is 0 Å². The van der Waals surface area contributed by atoms with Crippen LogP contribution in [0.2, 0.25) is 0 Å². The van der Waals surface area contributed by atoms with Gasteiger partial charge in [0.1, 0.15) is 0 Å². The van der Waals surface area contributed by atoms with Gasteiger partial charge < -0.3 is 4.90 Å². The van der Waals surface area contributed by atoms with Crippen LogP contribution in [0.5, 0.6) is 0 Å². The largest absolute Gasteiger partial charge is 0.301 e. The van der Waals surface area contributed by atoms with E-state index in [0.29, 0.717) is 6.42 Å². The molecule has 0 aromatic heterocycles. The highest BCUT2D eigenvalue weighted by Crippen LogP contribution is 2.26. The summed E-state index contributed by atoms with van der Waals surface area (Å²) in [5, 5.41) is 0. The molecule has 0 atom stereocenters. The molecule has 0 bridgehead atoms. The van der Waals surface area contributed by atoms with E-state index in [9.17, 15) is 4.79 Å². The lowest BCUT2D eigenvalue weighted by Gasteiger charge is -2.19. The summed E-state index contributed by atoms with van der Waals surface area (Å²) in [5.41, 5.74) is 2.15. The highest BCUT2D eigenvalue weighted by atomic mass is 16.2. The third-order valence-electron chi connectivity index (χ3n) is 2.73. The van der Waals surface area contributed by atoms with Gasteiger partial charge in [0.15, 0.2) is 0 Å². The number of nitrogens with two attached hydrogens (primary N) is 1. The van der Waals surface area contributed by atoms with Crippen LogP contribution in [-0.4, -0.2) is 29.9 Å². The molecule has 0 aromatic rings. The van der Waals surface area contributed by atoms with Crippen molar-refractivity contribution in [3.05, 3.63) is 0 Å². The molecule has 0 unspecified atom stereocenters. The molecule has 1 amide bonds. The Morgan fingerprint density at radius 1 is 1.50 bits per heavy atom. The summed E-state index contributed by atoms with van der Waals surface area (Å²) >= 11 is 0. The van der Waals surface area contributed by atoms with E-state index in [0.717, 1.165) is 32.0 Å². The van der Waals surface area contributed by atoms with Gasteiger partial charge in [-0.15, -0.1) is 0 Å². The second kappa shape index (κ2) is 5.98. The highest BCUT2D eigenvalue weighted by Gasteiger charge is 2.26. The van der Waals surface area contributed by atoms with Crippen LogP contribution in [0.25, 0.3) is 0 Å². The number of amides is 1. The van der Waals surface area contributed by atoms with Gasteiger partial charge in [-0.1, -0.05) is 6.92 Å². The fourth-order valence-corrected chi connectivity index (χ4v) is 1.71. The van der Waals surface area contributed by atoms with Crippen LogP contribution < -0.4 is 11.3 Å². The molecule has 82 valence electrons. The quantitative estimate of drug-likeness (QED) is 0.274. The van der Waals surface area contributed by atoms with E-state index in [-0.39, 0.29) is 5.91 Å². The lowest BCUT2D eigenvalue weighted by molar-refractivity contribution is -0.121. The summed E-state index contributed by atoms with van der Waals surface area (Å²) in [6, 6.07) is 0.836. The predicted molar refractivity (Wildman–Crippen MR) is 56.5 cm³/mol. The molecular formula is C10H21N3O. The van der Waals surface area contributed by atoms with Gasteiger partial charge in [0, 0.05) is 12.5 Å². The zero-order chi connectivity index (χ0) is 10.4. The van der Waals surface area contributed by atoms with E-state index in [1.807, 2.05) is 0 Å². The van der Waals surface area contributed by atoms with Crippen molar-refractivity contribution >= 4 is 5.91 Å². The van der Waals surface area contributed by atoms with Crippen molar-refractivity contribution in [3.63, 3.8) is 0 Å². The number of rotatable bonds is 7. The molecule has 14 heavy (non-hydrogen) atoms. The Morgan fingerprint density at radius 3 is 2.71 bits per heavy atom. The molecule has 4 heteroatoms. The normalized spacial score (nSPS) is 15.9. The summed E-state index contributed by atoms with van der Waals surface area (Å²) in [6.07, 6.45) is 5.30. The van der Waals surface area contributed by atoms with Gasteiger partial charge >= 0.3 is 0 Å². The third kappa shape index (κ3) is 4.07. The van der Waals surface area contributed by atoms with E-state index in [1.54, 1.807) is 0 Å². The Bertz CT molecular complexity index is 180. The van der Waals surface area contributed by atoms with E-state index in [4.69, 9.17) is 5.84 Å². The Balaban J connectivity index is 1.99. The average molecular weight is 199 g/mol. The zero-order valence-electron chi connectivity index (χ0n) is 8.96. The average Bonchev–Trinajstić information content (AvgIpc) is 3.01. The number of nitrogens with zero attached hydrogens (tertiary/aromatic N) is 1. The van der Waals surface area contributed by atoms with Gasteiger partial charge in [0.25, 0.3) is 0 Å². The Labute approximate surface area is 85.8 Å². The maximum atomic E-state index is 10.8. The Morgan fingerprint density at radius 2 is 2.21 bits per heavy atom. The molecule has 0 aromatic carbocycles. The van der Waals surface area contributed by atoms with Gasteiger partial charge in [-0.05, 0) is 38.8 Å². The number of unbranched alkanes of at least 4 members (excludes halogenated alkanes) is 1. The van der Waals surface area contributed by atoms with Crippen molar-refractivity contribution < 1.29 is 4.79 Å². The molecule has 1 aliphatic carbocycles. The van der Waals surface area contributed by atoms with Gasteiger partial charge in [-0.25, -0.2) is 5.84 Å². The summed E-state index contributed by atoms with van der Waals surface area (Å²) in [5.74, 6) is 4.93. The molecular weight excluding hydrogens is 178 g/mol. The molecule has 1 saturated carbocycles. The lowest BCUT2D eigenvalue weighted by atomic mass is 10.2. The first-order valence-electron chi connectivity index (χ1n) is 5.51. The number of hydrogen-bond acceptors (Lipinski definition) is 3. The fraction of sp³-hybridized carbons (Fsp3) is 0.900. The Hall–Kier alpha value is -0.610. The van der Waals surface area contributed by atoms with Crippen molar-refractivity contribution in [1.82, 2.24) is 10.3 Å². The smallest absolute Gasteiger partial charge is 0.233 e. The summed E-state index contributed by atoms with van der Waals surface area (Å²) in [4.78, 5) is 13.3. The minimum atomic E-state index is -0.0560. The van der Waals surface area contributed by atoms with Crippen molar-refractivity contribution in [1.29, 1.82) is 0 Å². The van der Waals surface area contributed by atoms with Crippen molar-refractivity contribution in [3.8, 4) is 0 Å². The Kier molecular flexibility index (Phi) is 4.90. The van der Waals surface area contributed by atoms with Crippen LogP contribution >= 0.6 is 0 Å². The van der Waals surface area contributed by atoms with E-state index >= 15 is 0 Å². The highest BCUT2D eigenvalue weighted by molar-refractivity contribution is 5.75.